The van der Waals surface area contributed by atoms with E-state index in [-0.39, 0.29) is 5.82 Å². The standard InChI is InChI=1S/C15H14FN3O/c1-3-17-15-18-8-9(2)14(19-15)13-7-10-6-11(16)4-5-12(10)20-13/h4-8H,3H2,1-2H3,(H,17,18,19). The van der Waals surface area contributed by atoms with Crippen molar-refractivity contribution in [2.45, 2.75) is 13.8 Å². The molecule has 0 amide bonds. The van der Waals surface area contributed by atoms with E-state index in [9.17, 15) is 4.39 Å². The molecule has 1 N–H and O–H groups in total. The molecule has 20 heavy (non-hydrogen) atoms. The number of rotatable bonds is 3. The lowest BCUT2D eigenvalue weighted by Crippen LogP contribution is -2.03. The number of aryl methyl sites for hydroxylation is 1. The second kappa shape index (κ2) is 4.92. The van der Waals surface area contributed by atoms with Crippen LogP contribution in [0.5, 0.6) is 0 Å². The molecule has 5 heteroatoms. The molecule has 3 aromatic rings. The van der Waals surface area contributed by atoms with Crippen molar-refractivity contribution in [3.63, 3.8) is 0 Å². The van der Waals surface area contributed by atoms with Crippen LogP contribution in [0.4, 0.5) is 10.3 Å². The molecule has 0 saturated carbocycles. The van der Waals surface area contributed by atoms with E-state index in [0.29, 0.717) is 23.0 Å². The Morgan fingerprint density at radius 3 is 2.95 bits per heavy atom. The molecule has 2 heterocycles. The van der Waals surface area contributed by atoms with E-state index >= 15 is 0 Å². The third kappa shape index (κ3) is 2.22. The van der Waals surface area contributed by atoms with Gasteiger partial charge in [-0.3, -0.25) is 0 Å². The molecular weight excluding hydrogens is 257 g/mol. The third-order valence-corrected chi connectivity index (χ3v) is 3.02. The Morgan fingerprint density at radius 2 is 2.15 bits per heavy atom. The maximum absolute atomic E-state index is 13.2. The summed E-state index contributed by atoms with van der Waals surface area (Å²) >= 11 is 0. The Hall–Kier alpha value is -2.43. The fourth-order valence-corrected chi connectivity index (χ4v) is 2.07. The molecule has 0 spiro atoms. The summed E-state index contributed by atoms with van der Waals surface area (Å²) in [5.74, 6) is 0.891. The number of nitrogens with one attached hydrogen (secondary N) is 1. The van der Waals surface area contributed by atoms with E-state index in [2.05, 4.69) is 15.3 Å². The van der Waals surface area contributed by atoms with Crippen LogP contribution in [0.2, 0.25) is 0 Å². The SMILES string of the molecule is CCNc1ncc(C)c(-c2cc3cc(F)ccc3o2)n1. The molecule has 4 nitrogen and oxygen atoms in total. The largest absolute Gasteiger partial charge is 0.454 e. The fraction of sp³-hybridized carbons (Fsp3) is 0.200. The topological polar surface area (TPSA) is 51.0 Å². The summed E-state index contributed by atoms with van der Waals surface area (Å²) in [6.07, 6.45) is 1.74. The van der Waals surface area contributed by atoms with E-state index in [0.717, 1.165) is 17.5 Å². The van der Waals surface area contributed by atoms with Crippen LogP contribution in [-0.2, 0) is 0 Å². The number of halogens is 1. The number of fused-ring (bicyclic) bond motifs is 1. The minimum Gasteiger partial charge on any atom is -0.454 e. The first-order valence-corrected chi connectivity index (χ1v) is 6.44. The van der Waals surface area contributed by atoms with Gasteiger partial charge in [-0.25, -0.2) is 14.4 Å². The van der Waals surface area contributed by atoms with Gasteiger partial charge in [0.2, 0.25) is 5.95 Å². The van der Waals surface area contributed by atoms with E-state index in [1.165, 1.54) is 12.1 Å². The zero-order chi connectivity index (χ0) is 14.1. The van der Waals surface area contributed by atoms with Gasteiger partial charge in [0.1, 0.15) is 17.1 Å². The highest BCUT2D eigenvalue weighted by Gasteiger charge is 2.12. The molecule has 3 rings (SSSR count). The zero-order valence-corrected chi connectivity index (χ0v) is 11.3. The van der Waals surface area contributed by atoms with E-state index in [1.54, 1.807) is 18.3 Å². The van der Waals surface area contributed by atoms with Crippen LogP contribution in [0, 0.1) is 12.7 Å². The van der Waals surface area contributed by atoms with Gasteiger partial charge in [-0.15, -0.1) is 0 Å². The lowest BCUT2D eigenvalue weighted by Gasteiger charge is -2.05. The molecule has 0 saturated heterocycles. The summed E-state index contributed by atoms with van der Waals surface area (Å²) in [4.78, 5) is 8.64. The van der Waals surface area contributed by atoms with Crippen LogP contribution in [0.25, 0.3) is 22.4 Å². The first-order chi connectivity index (χ1) is 9.67. The quantitative estimate of drug-likeness (QED) is 0.787. The van der Waals surface area contributed by atoms with Crippen LogP contribution in [-0.4, -0.2) is 16.5 Å². The molecule has 0 fully saturated rings. The Bertz CT molecular complexity index is 767. The molecule has 1 aromatic carbocycles. The molecule has 0 atom stereocenters. The summed E-state index contributed by atoms with van der Waals surface area (Å²) in [6.45, 7) is 4.64. The summed E-state index contributed by atoms with van der Waals surface area (Å²) in [7, 11) is 0. The van der Waals surface area contributed by atoms with E-state index in [4.69, 9.17) is 4.42 Å². The van der Waals surface area contributed by atoms with Gasteiger partial charge in [-0.2, -0.15) is 0 Å². The van der Waals surface area contributed by atoms with Crippen molar-refractivity contribution in [2.75, 3.05) is 11.9 Å². The molecule has 0 unspecified atom stereocenters. The molecule has 0 aliphatic carbocycles. The lowest BCUT2D eigenvalue weighted by molar-refractivity contribution is 0.617. The van der Waals surface area contributed by atoms with E-state index < -0.39 is 0 Å². The average molecular weight is 271 g/mol. The Labute approximate surface area is 115 Å². The fourth-order valence-electron chi connectivity index (χ4n) is 2.07. The molecular formula is C15H14FN3O. The Balaban J connectivity index is 2.12. The molecule has 0 radical (unpaired) electrons. The number of anilines is 1. The molecule has 0 aliphatic heterocycles. The van der Waals surface area contributed by atoms with Gasteiger partial charge in [0.15, 0.2) is 5.76 Å². The molecule has 0 aliphatic rings. The first kappa shape index (κ1) is 12.6. The number of furan rings is 1. The average Bonchev–Trinajstić information content (AvgIpc) is 2.84. The van der Waals surface area contributed by atoms with Gasteiger partial charge in [0.05, 0.1) is 0 Å². The van der Waals surface area contributed by atoms with Gasteiger partial charge in [0.25, 0.3) is 0 Å². The predicted octanol–water partition coefficient (Wildman–Crippen LogP) is 3.77. The number of hydrogen-bond donors (Lipinski definition) is 1. The highest BCUT2D eigenvalue weighted by Crippen LogP contribution is 2.29. The number of nitrogens with zero attached hydrogens (tertiary/aromatic N) is 2. The van der Waals surface area contributed by atoms with Crippen LogP contribution in [0.1, 0.15) is 12.5 Å². The summed E-state index contributed by atoms with van der Waals surface area (Å²) in [6, 6.07) is 6.25. The monoisotopic (exact) mass is 271 g/mol. The van der Waals surface area contributed by atoms with Crippen molar-refractivity contribution in [3.8, 4) is 11.5 Å². The maximum Gasteiger partial charge on any atom is 0.223 e. The van der Waals surface area contributed by atoms with Gasteiger partial charge < -0.3 is 9.73 Å². The highest BCUT2D eigenvalue weighted by molar-refractivity contribution is 5.82. The van der Waals surface area contributed by atoms with Gasteiger partial charge in [0, 0.05) is 18.1 Å². The normalized spacial score (nSPS) is 10.9. The summed E-state index contributed by atoms with van der Waals surface area (Å²) < 4.78 is 19.0. The van der Waals surface area contributed by atoms with Crippen molar-refractivity contribution >= 4 is 16.9 Å². The van der Waals surface area contributed by atoms with Gasteiger partial charge >= 0.3 is 0 Å². The number of hydrogen-bond acceptors (Lipinski definition) is 4. The number of aromatic nitrogens is 2. The van der Waals surface area contributed by atoms with E-state index in [1.807, 2.05) is 13.8 Å². The van der Waals surface area contributed by atoms with Gasteiger partial charge in [-0.05, 0) is 43.7 Å². The van der Waals surface area contributed by atoms with Crippen molar-refractivity contribution in [1.29, 1.82) is 0 Å². The highest BCUT2D eigenvalue weighted by atomic mass is 19.1. The third-order valence-electron chi connectivity index (χ3n) is 3.02. The summed E-state index contributed by atoms with van der Waals surface area (Å²) in [5, 5.41) is 3.79. The van der Waals surface area contributed by atoms with Crippen molar-refractivity contribution in [3.05, 3.63) is 41.8 Å². The summed E-state index contributed by atoms with van der Waals surface area (Å²) in [5.41, 5.74) is 2.27. The van der Waals surface area contributed by atoms with Crippen molar-refractivity contribution in [1.82, 2.24) is 9.97 Å². The minimum absolute atomic E-state index is 0.280. The number of benzene rings is 1. The molecule has 2 aromatic heterocycles. The first-order valence-electron chi connectivity index (χ1n) is 6.44. The molecule has 0 bridgehead atoms. The second-order valence-electron chi connectivity index (χ2n) is 4.55. The van der Waals surface area contributed by atoms with Crippen LogP contribution < -0.4 is 5.32 Å². The van der Waals surface area contributed by atoms with Crippen molar-refractivity contribution < 1.29 is 8.81 Å². The van der Waals surface area contributed by atoms with Gasteiger partial charge in [-0.1, -0.05) is 0 Å². The van der Waals surface area contributed by atoms with Crippen LogP contribution in [0.3, 0.4) is 0 Å². The molecule has 102 valence electrons. The Morgan fingerprint density at radius 1 is 1.30 bits per heavy atom. The zero-order valence-electron chi connectivity index (χ0n) is 11.3. The lowest BCUT2D eigenvalue weighted by atomic mass is 10.2. The maximum atomic E-state index is 13.2. The minimum atomic E-state index is -0.280. The second-order valence-corrected chi connectivity index (χ2v) is 4.55. The van der Waals surface area contributed by atoms with Crippen LogP contribution in [0.15, 0.2) is 34.9 Å². The predicted molar refractivity (Wildman–Crippen MR) is 76.1 cm³/mol. The Kier molecular flexibility index (Phi) is 3.10. The smallest absolute Gasteiger partial charge is 0.223 e. The van der Waals surface area contributed by atoms with Crippen molar-refractivity contribution in [2.24, 2.45) is 0 Å². The van der Waals surface area contributed by atoms with Crippen LogP contribution >= 0.6 is 0 Å².